The van der Waals surface area contributed by atoms with Gasteiger partial charge in [0.2, 0.25) is 0 Å². The third-order valence-electron chi connectivity index (χ3n) is 1.77. The smallest absolute Gasteiger partial charge is 0.266 e. The highest BCUT2D eigenvalue weighted by atomic mass is 19.3. The molecule has 0 aliphatic rings. The molecule has 1 aromatic rings. The number of nitriles is 1. The molecule has 0 aliphatic heterocycles. The molecule has 1 aromatic heterocycles. The zero-order valence-corrected chi connectivity index (χ0v) is 7.05. The number of rotatable bonds is 2. The highest BCUT2D eigenvalue weighted by Gasteiger charge is 2.19. The van der Waals surface area contributed by atoms with Crippen molar-refractivity contribution in [2.45, 2.75) is 13.0 Å². The van der Waals surface area contributed by atoms with Gasteiger partial charge in [-0.05, 0) is 5.56 Å². The van der Waals surface area contributed by atoms with Crippen LogP contribution in [0.3, 0.4) is 0 Å². The average molecular weight is 199 g/mol. The van der Waals surface area contributed by atoms with Gasteiger partial charge in [0.1, 0.15) is 11.6 Å². The largest absolute Gasteiger partial charge is 0.328 e. The molecule has 0 atom stereocenters. The Hall–Kier alpha value is -1.74. The van der Waals surface area contributed by atoms with Crippen molar-refractivity contribution in [2.75, 3.05) is 0 Å². The predicted molar refractivity (Wildman–Crippen MR) is 44.6 cm³/mol. The molecule has 1 rings (SSSR count). The fraction of sp³-hybridized carbons (Fsp3) is 0.250. The van der Waals surface area contributed by atoms with Crippen LogP contribution < -0.4 is 11.3 Å². The van der Waals surface area contributed by atoms with Gasteiger partial charge in [0.15, 0.2) is 0 Å². The van der Waals surface area contributed by atoms with E-state index in [-0.39, 0.29) is 12.1 Å². The molecule has 1 heterocycles. The van der Waals surface area contributed by atoms with Crippen LogP contribution in [0.4, 0.5) is 8.78 Å². The van der Waals surface area contributed by atoms with E-state index in [4.69, 9.17) is 11.0 Å². The van der Waals surface area contributed by atoms with Crippen molar-refractivity contribution in [3.8, 4) is 6.07 Å². The summed E-state index contributed by atoms with van der Waals surface area (Å²) in [5, 5.41) is 8.52. The predicted octanol–water partition coefficient (Wildman–Crippen LogP) is 0.643. The second-order valence-electron chi connectivity index (χ2n) is 2.55. The van der Waals surface area contributed by atoms with Gasteiger partial charge in [-0.1, -0.05) is 0 Å². The molecule has 0 spiro atoms. The Bertz CT molecular complexity index is 433. The van der Waals surface area contributed by atoms with Crippen LogP contribution in [-0.2, 0) is 6.54 Å². The summed E-state index contributed by atoms with van der Waals surface area (Å²) in [6, 6.07) is 1.44. The molecule has 0 saturated heterocycles. The van der Waals surface area contributed by atoms with Crippen LogP contribution in [-0.4, -0.2) is 4.98 Å². The summed E-state index contributed by atoms with van der Waals surface area (Å²) in [5.41, 5.74) is 3.32. The topological polar surface area (TPSA) is 82.7 Å². The van der Waals surface area contributed by atoms with Crippen LogP contribution in [0, 0.1) is 11.3 Å². The van der Waals surface area contributed by atoms with Crippen LogP contribution in [0.2, 0.25) is 0 Å². The Balaban J connectivity index is 3.54. The van der Waals surface area contributed by atoms with E-state index in [0.29, 0.717) is 0 Å². The van der Waals surface area contributed by atoms with Gasteiger partial charge in [-0.2, -0.15) is 5.26 Å². The van der Waals surface area contributed by atoms with E-state index in [2.05, 4.69) is 4.98 Å². The maximum Gasteiger partial charge on any atom is 0.266 e. The van der Waals surface area contributed by atoms with Crippen molar-refractivity contribution in [3.63, 3.8) is 0 Å². The molecular formula is C8H7F2N3O. The minimum atomic E-state index is -2.87. The summed E-state index contributed by atoms with van der Waals surface area (Å²) >= 11 is 0. The molecule has 6 heteroatoms. The lowest BCUT2D eigenvalue weighted by molar-refractivity contribution is 0.149. The van der Waals surface area contributed by atoms with Gasteiger partial charge in [-0.25, -0.2) is 8.78 Å². The number of alkyl halides is 2. The molecule has 0 unspecified atom stereocenters. The summed E-state index contributed by atoms with van der Waals surface area (Å²) < 4.78 is 25.0. The standard InChI is InChI=1S/C8H7F2N3O/c9-7(10)6-4(1-11)3-13-8(14)5(6)2-12/h3,7H,1,11H2,(H,13,14). The van der Waals surface area contributed by atoms with Gasteiger partial charge in [-0.15, -0.1) is 0 Å². The minimum Gasteiger partial charge on any atom is -0.328 e. The minimum absolute atomic E-state index is 0.0798. The highest BCUT2D eigenvalue weighted by molar-refractivity contribution is 5.40. The first-order valence-electron chi connectivity index (χ1n) is 3.74. The van der Waals surface area contributed by atoms with Gasteiger partial charge in [-0.3, -0.25) is 4.79 Å². The van der Waals surface area contributed by atoms with Gasteiger partial charge in [0, 0.05) is 18.3 Å². The summed E-state index contributed by atoms with van der Waals surface area (Å²) in [5.74, 6) is 0. The Morgan fingerprint density at radius 2 is 2.29 bits per heavy atom. The maximum absolute atomic E-state index is 12.5. The van der Waals surface area contributed by atoms with E-state index in [0.717, 1.165) is 6.20 Å². The first-order valence-corrected chi connectivity index (χ1v) is 3.74. The van der Waals surface area contributed by atoms with Crippen LogP contribution >= 0.6 is 0 Å². The fourth-order valence-corrected chi connectivity index (χ4v) is 1.11. The number of aromatic amines is 1. The molecule has 0 fully saturated rings. The quantitative estimate of drug-likeness (QED) is 0.733. The molecule has 74 valence electrons. The summed E-state index contributed by atoms with van der Waals surface area (Å²) in [6.45, 7) is -0.148. The van der Waals surface area contributed by atoms with E-state index in [1.54, 1.807) is 0 Å². The number of nitrogens with zero attached hydrogens (tertiary/aromatic N) is 1. The zero-order valence-electron chi connectivity index (χ0n) is 7.05. The SMILES string of the molecule is N#Cc1c(C(F)F)c(CN)c[nH]c1=O. The third-order valence-corrected chi connectivity index (χ3v) is 1.77. The van der Waals surface area contributed by atoms with Crippen molar-refractivity contribution in [1.29, 1.82) is 5.26 Å². The molecule has 0 bridgehead atoms. The lowest BCUT2D eigenvalue weighted by Gasteiger charge is -2.06. The van der Waals surface area contributed by atoms with Crippen molar-refractivity contribution >= 4 is 0 Å². The van der Waals surface area contributed by atoms with Gasteiger partial charge in [0.05, 0.1) is 0 Å². The maximum atomic E-state index is 12.5. The molecule has 0 saturated carbocycles. The molecule has 0 aliphatic carbocycles. The van der Waals surface area contributed by atoms with E-state index in [1.165, 1.54) is 6.07 Å². The highest BCUT2D eigenvalue weighted by Crippen LogP contribution is 2.23. The van der Waals surface area contributed by atoms with Crippen LogP contribution in [0.1, 0.15) is 23.1 Å². The van der Waals surface area contributed by atoms with E-state index >= 15 is 0 Å². The number of aromatic nitrogens is 1. The lowest BCUT2D eigenvalue weighted by atomic mass is 10.1. The fourth-order valence-electron chi connectivity index (χ4n) is 1.11. The number of nitrogens with two attached hydrogens (primary N) is 1. The summed E-state index contributed by atoms with van der Waals surface area (Å²) in [4.78, 5) is 13.2. The van der Waals surface area contributed by atoms with Crippen molar-refractivity contribution in [1.82, 2.24) is 4.98 Å². The molecule has 3 N–H and O–H groups in total. The Morgan fingerprint density at radius 1 is 1.64 bits per heavy atom. The number of nitrogens with one attached hydrogen (secondary N) is 1. The molecule has 0 radical (unpaired) electrons. The lowest BCUT2D eigenvalue weighted by Crippen LogP contribution is -2.17. The Morgan fingerprint density at radius 3 is 2.71 bits per heavy atom. The number of H-pyrrole nitrogens is 1. The van der Waals surface area contributed by atoms with Crippen molar-refractivity contribution in [3.05, 3.63) is 33.2 Å². The molecule has 14 heavy (non-hydrogen) atoms. The second kappa shape index (κ2) is 3.98. The molecular weight excluding hydrogens is 192 g/mol. The van der Waals surface area contributed by atoms with Crippen molar-refractivity contribution < 1.29 is 8.78 Å². The number of hydrogen-bond acceptors (Lipinski definition) is 3. The Kier molecular flexibility index (Phi) is 2.94. The van der Waals surface area contributed by atoms with Crippen molar-refractivity contribution in [2.24, 2.45) is 5.73 Å². The van der Waals surface area contributed by atoms with Crippen LogP contribution in [0.15, 0.2) is 11.0 Å². The second-order valence-corrected chi connectivity index (χ2v) is 2.55. The normalized spacial score (nSPS) is 10.2. The number of hydrogen-bond donors (Lipinski definition) is 2. The van der Waals surface area contributed by atoms with Crippen LogP contribution in [0.5, 0.6) is 0 Å². The van der Waals surface area contributed by atoms with Gasteiger partial charge >= 0.3 is 0 Å². The number of halogens is 2. The van der Waals surface area contributed by atoms with Gasteiger partial charge in [0.25, 0.3) is 12.0 Å². The monoisotopic (exact) mass is 199 g/mol. The first-order chi connectivity index (χ1) is 6.61. The van der Waals surface area contributed by atoms with E-state index in [1.807, 2.05) is 0 Å². The molecule has 0 aromatic carbocycles. The average Bonchev–Trinajstić information content (AvgIpc) is 2.17. The third kappa shape index (κ3) is 1.63. The molecule has 0 amide bonds. The zero-order chi connectivity index (χ0) is 10.7. The van der Waals surface area contributed by atoms with Crippen LogP contribution in [0.25, 0.3) is 0 Å². The summed E-state index contributed by atoms with van der Waals surface area (Å²) in [7, 11) is 0. The number of pyridine rings is 1. The Labute approximate surface area is 78.0 Å². The molecule has 4 nitrogen and oxygen atoms in total. The van der Waals surface area contributed by atoms with Gasteiger partial charge < -0.3 is 10.7 Å². The first kappa shape index (κ1) is 10.3. The van der Waals surface area contributed by atoms with E-state index in [9.17, 15) is 13.6 Å². The summed E-state index contributed by atoms with van der Waals surface area (Å²) in [6.07, 6.45) is -1.77. The van der Waals surface area contributed by atoms with E-state index < -0.39 is 23.1 Å².